The van der Waals surface area contributed by atoms with E-state index < -0.39 is 0 Å². The van der Waals surface area contributed by atoms with Crippen molar-refractivity contribution in [2.24, 2.45) is 5.92 Å². The number of ether oxygens (including phenoxy) is 1. The Morgan fingerprint density at radius 3 is 2.90 bits per heavy atom. The first-order valence-corrected chi connectivity index (χ1v) is 6.99. The van der Waals surface area contributed by atoms with Gasteiger partial charge in [-0.1, -0.05) is 25.5 Å². The van der Waals surface area contributed by atoms with Crippen LogP contribution in [-0.2, 0) is 11.3 Å². The zero-order valence-corrected chi connectivity index (χ0v) is 12.7. The van der Waals surface area contributed by atoms with Gasteiger partial charge in [0.15, 0.2) is 0 Å². The van der Waals surface area contributed by atoms with Gasteiger partial charge in [-0.3, -0.25) is 4.79 Å². The zero-order valence-electron chi connectivity index (χ0n) is 11.9. The first kappa shape index (κ1) is 16.8. The van der Waals surface area contributed by atoms with Gasteiger partial charge in [-0.2, -0.15) is 0 Å². The van der Waals surface area contributed by atoms with Crippen molar-refractivity contribution in [3.8, 4) is 5.75 Å². The molecule has 0 aromatic heterocycles. The number of carbonyl (C=O) groups is 1. The molecule has 1 heterocycles. The van der Waals surface area contributed by atoms with Gasteiger partial charge in [0.1, 0.15) is 5.75 Å². The maximum atomic E-state index is 11.7. The van der Waals surface area contributed by atoms with E-state index in [4.69, 9.17) is 4.74 Å². The summed E-state index contributed by atoms with van der Waals surface area (Å²) in [6, 6.07) is 7.92. The molecule has 1 amide bonds. The van der Waals surface area contributed by atoms with Crippen LogP contribution in [0.5, 0.6) is 5.75 Å². The summed E-state index contributed by atoms with van der Waals surface area (Å²) >= 11 is 0. The molecule has 1 saturated heterocycles. The largest absolute Gasteiger partial charge is 0.494 e. The SMILES string of the molecule is CCCCOc1cccc(CNC(=O)C2CNC2)c1.Cl. The summed E-state index contributed by atoms with van der Waals surface area (Å²) in [5, 5.41) is 6.06. The van der Waals surface area contributed by atoms with E-state index in [2.05, 4.69) is 17.6 Å². The van der Waals surface area contributed by atoms with Crippen LogP contribution in [0.25, 0.3) is 0 Å². The van der Waals surface area contributed by atoms with Crippen LogP contribution < -0.4 is 15.4 Å². The minimum atomic E-state index is 0. The predicted octanol–water partition coefficient (Wildman–Crippen LogP) is 2.12. The monoisotopic (exact) mass is 298 g/mol. The van der Waals surface area contributed by atoms with Crippen LogP contribution in [0.4, 0.5) is 0 Å². The number of benzene rings is 1. The Labute approximate surface area is 126 Å². The Balaban J connectivity index is 0.00000200. The molecular weight excluding hydrogens is 276 g/mol. The Bertz CT molecular complexity index is 422. The molecule has 5 heteroatoms. The van der Waals surface area contributed by atoms with Gasteiger partial charge in [0.05, 0.1) is 12.5 Å². The number of rotatable bonds is 7. The lowest BCUT2D eigenvalue weighted by Gasteiger charge is -2.25. The molecule has 1 aliphatic heterocycles. The average molecular weight is 299 g/mol. The summed E-state index contributed by atoms with van der Waals surface area (Å²) in [6.07, 6.45) is 2.20. The summed E-state index contributed by atoms with van der Waals surface area (Å²) < 4.78 is 5.65. The number of carbonyl (C=O) groups excluding carboxylic acids is 1. The molecule has 4 nitrogen and oxygen atoms in total. The van der Waals surface area contributed by atoms with Gasteiger partial charge < -0.3 is 15.4 Å². The van der Waals surface area contributed by atoms with E-state index in [0.717, 1.165) is 43.9 Å². The maximum absolute atomic E-state index is 11.7. The van der Waals surface area contributed by atoms with Crippen molar-refractivity contribution in [1.29, 1.82) is 0 Å². The van der Waals surface area contributed by atoms with Gasteiger partial charge in [-0.15, -0.1) is 12.4 Å². The first-order valence-electron chi connectivity index (χ1n) is 6.99. The number of hydrogen-bond donors (Lipinski definition) is 2. The molecule has 1 fully saturated rings. The summed E-state index contributed by atoms with van der Waals surface area (Å²) in [4.78, 5) is 11.7. The molecule has 0 saturated carbocycles. The molecular formula is C15H23ClN2O2. The highest BCUT2D eigenvalue weighted by Crippen LogP contribution is 2.14. The summed E-state index contributed by atoms with van der Waals surface area (Å²) in [6.45, 7) is 5.06. The third-order valence-electron chi connectivity index (χ3n) is 3.28. The van der Waals surface area contributed by atoms with Crippen molar-refractivity contribution in [3.63, 3.8) is 0 Å². The van der Waals surface area contributed by atoms with Gasteiger partial charge in [0.2, 0.25) is 5.91 Å². The van der Waals surface area contributed by atoms with Crippen molar-refractivity contribution < 1.29 is 9.53 Å². The van der Waals surface area contributed by atoms with Crippen LogP contribution in [0.2, 0.25) is 0 Å². The van der Waals surface area contributed by atoms with Gasteiger partial charge in [0, 0.05) is 19.6 Å². The molecule has 2 N–H and O–H groups in total. The quantitative estimate of drug-likeness (QED) is 0.758. The van der Waals surface area contributed by atoms with E-state index in [1.165, 1.54) is 0 Å². The summed E-state index contributed by atoms with van der Waals surface area (Å²) in [7, 11) is 0. The molecule has 1 aromatic carbocycles. The molecule has 0 spiro atoms. The summed E-state index contributed by atoms with van der Waals surface area (Å²) in [5.41, 5.74) is 1.08. The topological polar surface area (TPSA) is 50.4 Å². The van der Waals surface area contributed by atoms with E-state index >= 15 is 0 Å². The zero-order chi connectivity index (χ0) is 13.5. The number of amides is 1. The average Bonchev–Trinajstić information content (AvgIpc) is 2.35. The molecule has 0 unspecified atom stereocenters. The molecule has 1 aliphatic rings. The number of halogens is 1. The fourth-order valence-electron chi connectivity index (χ4n) is 1.89. The van der Waals surface area contributed by atoms with Crippen molar-refractivity contribution in [1.82, 2.24) is 10.6 Å². The number of nitrogens with one attached hydrogen (secondary N) is 2. The van der Waals surface area contributed by atoms with Crippen LogP contribution in [0.3, 0.4) is 0 Å². The Hall–Kier alpha value is -1.26. The third kappa shape index (κ3) is 5.02. The molecule has 0 radical (unpaired) electrons. The minimum absolute atomic E-state index is 0. The predicted molar refractivity (Wildman–Crippen MR) is 82.3 cm³/mol. The standard InChI is InChI=1S/C15H22N2O2.ClH/c1-2-3-7-19-14-6-4-5-12(8-14)9-17-15(18)13-10-16-11-13;/h4-6,8,13,16H,2-3,7,9-11H2,1H3,(H,17,18);1H. The number of unbranched alkanes of at least 4 members (excludes halogenated alkanes) is 1. The van der Waals surface area contributed by atoms with Gasteiger partial charge in [0.25, 0.3) is 0 Å². The van der Waals surface area contributed by atoms with Crippen LogP contribution in [0, 0.1) is 5.92 Å². The summed E-state index contributed by atoms with van der Waals surface area (Å²) in [5.74, 6) is 1.16. The highest BCUT2D eigenvalue weighted by molar-refractivity contribution is 5.85. The lowest BCUT2D eigenvalue weighted by atomic mass is 10.0. The smallest absolute Gasteiger partial charge is 0.225 e. The molecule has 2 rings (SSSR count). The van der Waals surface area contributed by atoms with Crippen molar-refractivity contribution in [2.45, 2.75) is 26.3 Å². The second kappa shape index (κ2) is 8.82. The Morgan fingerprint density at radius 2 is 2.25 bits per heavy atom. The van der Waals surface area contributed by atoms with Crippen molar-refractivity contribution >= 4 is 18.3 Å². The minimum Gasteiger partial charge on any atom is -0.494 e. The van der Waals surface area contributed by atoms with E-state index in [9.17, 15) is 4.79 Å². The Kier molecular flexibility index (Phi) is 7.41. The fourth-order valence-corrected chi connectivity index (χ4v) is 1.89. The second-order valence-electron chi connectivity index (χ2n) is 4.92. The van der Waals surface area contributed by atoms with Gasteiger partial charge in [-0.05, 0) is 24.1 Å². The van der Waals surface area contributed by atoms with E-state index in [0.29, 0.717) is 6.54 Å². The highest BCUT2D eigenvalue weighted by atomic mass is 35.5. The maximum Gasteiger partial charge on any atom is 0.225 e. The van der Waals surface area contributed by atoms with Crippen LogP contribution >= 0.6 is 12.4 Å². The van der Waals surface area contributed by atoms with Crippen LogP contribution in [0.1, 0.15) is 25.3 Å². The van der Waals surface area contributed by atoms with Gasteiger partial charge in [-0.25, -0.2) is 0 Å². The molecule has 112 valence electrons. The highest BCUT2D eigenvalue weighted by Gasteiger charge is 2.24. The van der Waals surface area contributed by atoms with Crippen LogP contribution in [0.15, 0.2) is 24.3 Å². The molecule has 1 aromatic rings. The molecule has 20 heavy (non-hydrogen) atoms. The van der Waals surface area contributed by atoms with E-state index in [1.54, 1.807) is 0 Å². The van der Waals surface area contributed by atoms with Crippen molar-refractivity contribution in [3.05, 3.63) is 29.8 Å². The van der Waals surface area contributed by atoms with E-state index in [1.807, 2.05) is 24.3 Å². The van der Waals surface area contributed by atoms with Crippen LogP contribution in [-0.4, -0.2) is 25.6 Å². The van der Waals surface area contributed by atoms with Crippen molar-refractivity contribution in [2.75, 3.05) is 19.7 Å². The normalized spacial score (nSPS) is 14.1. The van der Waals surface area contributed by atoms with E-state index in [-0.39, 0.29) is 24.2 Å². The lowest BCUT2D eigenvalue weighted by Crippen LogP contribution is -2.50. The third-order valence-corrected chi connectivity index (χ3v) is 3.28. The molecule has 0 bridgehead atoms. The number of hydrogen-bond acceptors (Lipinski definition) is 3. The molecule has 0 aliphatic carbocycles. The first-order chi connectivity index (χ1) is 9.29. The van der Waals surface area contributed by atoms with Gasteiger partial charge >= 0.3 is 0 Å². The fraction of sp³-hybridized carbons (Fsp3) is 0.533. The Morgan fingerprint density at radius 1 is 1.45 bits per heavy atom. The molecule has 0 atom stereocenters. The lowest BCUT2D eigenvalue weighted by molar-refractivity contribution is -0.126. The second-order valence-corrected chi connectivity index (χ2v) is 4.92.